The predicted octanol–water partition coefficient (Wildman–Crippen LogP) is 5.49. The van der Waals surface area contributed by atoms with Crippen LogP contribution in [0.4, 0.5) is 0 Å². The molecule has 0 radical (unpaired) electrons. The summed E-state index contributed by atoms with van der Waals surface area (Å²) < 4.78 is 13.8. The van der Waals surface area contributed by atoms with E-state index in [1.807, 2.05) is 36.4 Å². The van der Waals surface area contributed by atoms with Crippen LogP contribution in [0.3, 0.4) is 0 Å². The van der Waals surface area contributed by atoms with E-state index >= 15 is 0 Å². The van der Waals surface area contributed by atoms with Gasteiger partial charge in [-0.05, 0) is 54.6 Å². The Bertz CT molecular complexity index is 1060. The molecule has 0 fully saturated rings. The van der Waals surface area contributed by atoms with Crippen molar-refractivity contribution in [2.45, 2.75) is 5.60 Å². The van der Waals surface area contributed by atoms with E-state index in [0.717, 1.165) is 8.95 Å². The maximum Gasteiger partial charge on any atom is 0.340 e. The van der Waals surface area contributed by atoms with Gasteiger partial charge in [0.25, 0.3) is 0 Å². The molecule has 0 amide bonds. The third-order valence-electron chi connectivity index (χ3n) is 4.71. The van der Waals surface area contributed by atoms with E-state index in [1.54, 1.807) is 12.1 Å². The lowest BCUT2D eigenvalue weighted by atomic mass is 9.77. The first-order valence-electron chi connectivity index (χ1n) is 7.84. The molecule has 1 N–H and O–H groups in total. The Morgan fingerprint density at radius 2 is 1.42 bits per heavy atom. The minimum atomic E-state index is -1.16. The van der Waals surface area contributed by atoms with Crippen molar-refractivity contribution >= 4 is 37.8 Å². The molecule has 128 valence electrons. The average molecular weight is 474 g/mol. The van der Waals surface area contributed by atoms with Crippen LogP contribution >= 0.6 is 31.9 Å². The highest BCUT2D eigenvalue weighted by Crippen LogP contribution is 2.57. The standard InChI is InChI=1S/C20H10Br2O4/c21-10-1-5-14-17(7-10)25-18-8-11(22)2-6-15(18)20(14)16-9-12(23)3-4-13(16)19(24)26-20/h1-9,23H. The molecule has 0 saturated carbocycles. The first-order valence-corrected chi connectivity index (χ1v) is 9.42. The van der Waals surface area contributed by atoms with Crippen LogP contribution in [0.1, 0.15) is 27.0 Å². The summed E-state index contributed by atoms with van der Waals surface area (Å²) in [5, 5.41) is 10.1. The number of benzene rings is 3. The molecule has 0 bridgehead atoms. The lowest BCUT2D eigenvalue weighted by molar-refractivity contribution is 0.0224. The maximum absolute atomic E-state index is 12.6. The number of hydrogen-bond acceptors (Lipinski definition) is 4. The van der Waals surface area contributed by atoms with E-state index in [9.17, 15) is 9.90 Å². The average Bonchev–Trinajstić information content (AvgIpc) is 2.87. The van der Waals surface area contributed by atoms with Gasteiger partial charge < -0.3 is 14.6 Å². The number of carbonyl (C=O) groups excluding carboxylic acids is 1. The van der Waals surface area contributed by atoms with Gasteiger partial charge in [-0.2, -0.15) is 0 Å². The molecule has 0 aromatic heterocycles. The number of phenolic OH excluding ortho intramolecular Hbond substituents is 1. The molecule has 4 nitrogen and oxygen atoms in total. The van der Waals surface area contributed by atoms with Crippen LogP contribution in [0.25, 0.3) is 0 Å². The number of ether oxygens (including phenoxy) is 2. The Kier molecular flexibility index (Phi) is 3.27. The van der Waals surface area contributed by atoms with Gasteiger partial charge in [0, 0.05) is 25.6 Å². The van der Waals surface area contributed by atoms with Crippen molar-refractivity contribution in [2.75, 3.05) is 0 Å². The monoisotopic (exact) mass is 472 g/mol. The van der Waals surface area contributed by atoms with E-state index in [0.29, 0.717) is 33.8 Å². The zero-order chi connectivity index (χ0) is 18.1. The fraction of sp³-hybridized carbons (Fsp3) is 0.0500. The van der Waals surface area contributed by atoms with Crippen LogP contribution in [0, 0.1) is 0 Å². The van der Waals surface area contributed by atoms with E-state index < -0.39 is 11.6 Å². The molecule has 3 aromatic rings. The lowest BCUT2D eigenvalue weighted by Crippen LogP contribution is -2.33. The van der Waals surface area contributed by atoms with E-state index in [2.05, 4.69) is 31.9 Å². The lowest BCUT2D eigenvalue weighted by Gasteiger charge is -2.36. The van der Waals surface area contributed by atoms with Gasteiger partial charge >= 0.3 is 5.97 Å². The Hall–Kier alpha value is -2.31. The van der Waals surface area contributed by atoms with Crippen molar-refractivity contribution in [3.8, 4) is 17.2 Å². The van der Waals surface area contributed by atoms with Crippen LogP contribution in [-0.4, -0.2) is 11.1 Å². The first kappa shape index (κ1) is 15.9. The molecular weight excluding hydrogens is 464 g/mol. The Morgan fingerprint density at radius 1 is 0.808 bits per heavy atom. The molecule has 0 saturated heterocycles. The fourth-order valence-corrected chi connectivity index (χ4v) is 4.34. The number of halogens is 2. The van der Waals surface area contributed by atoms with Gasteiger partial charge in [0.1, 0.15) is 17.2 Å². The molecular formula is C20H10Br2O4. The molecule has 26 heavy (non-hydrogen) atoms. The summed E-state index contributed by atoms with van der Waals surface area (Å²) in [7, 11) is 0. The SMILES string of the molecule is O=C1OC2(c3ccc(Br)cc3Oc3cc(Br)ccc32)c2cc(O)ccc21. The van der Waals surface area contributed by atoms with E-state index in [-0.39, 0.29) is 5.75 Å². The van der Waals surface area contributed by atoms with Crippen LogP contribution in [0.15, 0.2) is 63.5 Å². The third kappa shape index (κ3) is 2.03. The summed E-state index contributed by atoms with van der Waals surface area (Å²) in [6.07, 6.45) is 0. The maximum atomic E-state index is 12.6. The number of phenols is 1. The Labute approximate surface area is 165 Å². The van der Waals surface area contributed by atoms with Gasteiger partial charge in [0.05, 0.1) is 5.56 Å². The zero-order valence-corrected chi connectivity index (χ0v) is 16.3. The van der Waals surface area contributed by atoms with E-state index in [4.69, 9.17) is 9.47 Å². The van der Waals surface area contributed by atoms with Crippen molar-refractivity contribution in [3.63, 3.8) is 0 Å². The summed E-state index contributed by atoms with van der Waals surface area (Å²) in [5.74, 6) is 0.831. The van der Waals surface area contributed by atoms with Crippen LogP contribution in [-0.2, 0) is 10.3 Å². The highest BCUT2D eigenvalue weighted by atomic mass is 79.9. The number of aromatic hydroxyl groups is 1. The van der Waals surface area contributed by atoms with Gasteiger partial charge in [-0.3, -0.25) is 0 Å². The minimum absolute atomic E-state index is 0.0743. The van der Waals surface area contributed by atoms with Gasteiger partial charge in [-0.15, -0.1) is 0 Å². The topological polar surface area (TPSA) is 55.8 Å². The Morgan fingerprint density at radius 3 is 2.04 bits per heavy atom. The van der Waals surface area contributed by atoms with Gasteiger partial charge in [-0.1, -0.05) is 31.9 Å². The molecule has 2 aliphatic heterocycles. The summed E-state index contributed by atoms with van der Waals surface area (Å²) in [5.41, 5.74) is 1.32. The summed E-state index contributed by atoms with van der Waals surface area (Å²) in [6, 6.07) is 15.9. The Balaban J connectivity index is 1.92. The smallest absolute Gasteiger partial charge is 0.340 e. The highest BCUT2D eigenvalue weighted by Gasteiger charge is 2.53. The normalized spacial score (nSPS) is 15.7. The second-order valence-electron chi connectivity index (χ2n) is 6.18. The number of rotatable bonds is 0. The van der Waals surface area contributed by atoms with Gasteiger partial charge in [0.15, 0.2) is 5.60 Å². The molecule has 2 heterocycles. The number of esters is 1. The van der Waals surface area contributed by atoms with Crippen molar-refractivity contribution in [3.05, 3.63) is 85.8 Å². The first-order chi connectivity index (χ1) is 12.5. The molecule has 5 rings (SSSR count). The second-order valence-corrected chi connectivity index (χ2v) is 8.01. The molecule has 2 aliphatic rings. The van der Waals surface area contributed by atoms with Crippen LogP contribution in [0.5, 0.6) is 17.2 Å². The fourth-order valence-electron chi connectivity index (χ4n) is 3.66. The quantitative estimate of drug-likeness (QED) is 0.439. The van der Waals surface area contributed by atoms with Gasteiger partial charge in [0.2, 0.25) is 0 Å². The van der Waals surface area contributed by atoms with Crippen molar-refractivity contribution in [1.82, 2.24) is 0 Å². The third-order valence-corrected chi connectivity index (χ3v) is 5.70. The van der Waals surface area contributed by atoms with Crippen molar-refractivity contribution < 1.29 is 19.4 Å². The molecule has 0 unspecified atom stereocenters. The van der Waals surface area contributed by atoms with Crippen molar-refractivity contribution in [1.29, 1.82) is 0 Å². The van der Waals surface area contributed by atoms with E-state index in [1.165, 1.54) is 6.07 Å². The molecule has 6 heteroatoms. The summed E-state index contributed by atoms with van der Waals surface area (Å²) in [4.78, 5) is 12.6. The zero-order valence-electron chi connectivity index (χ0n) is 13.1. The molecule has 3 aromatic carbocycles. The van der Waals surface area contributed by atoms with Gasteiger partial charge in [-0.25, -0.2) is 4.79 Å². The largest absolute Gasteiger partial charge is 0.508 e. The summed E-state index contributed by atoms with van der Waals surface area (Å²) >= 11 is 6.92. The summed E-state index contributed by atoms with van der Waals surface area (Å²) in [6.45, 7) is 0. The molecule has 0 aliphatic carbocycles. The minimum Gasteiger partial charge on any atom is -0.508 e. The molecule has 0 atom stereocenters. The number of hydrogen-bond donors (Lipinski definition) is 1. The number of carbonyl (C=O) groups is 1. The predicted molar refractivity (Wildman–Crippen MR) is 102 cm³/mol. The molecule has 1 spiro atoms. The second kappa shape index (κ2) is 5.34. The van der Waals surface area contributed by atoms with Crippen molar-refractivity contribution in [2.24, 2.45) is 0 Å². The highest BCUT2D eigenvalue weighted by molar-refractivity contribution is 9.10. The van der Waals surface area contributed by atoms with Crippen LogP contribution < -0.4 is 4.74 Å². The number of fused-ring (bicyclic) bond motifs is 6. The van der Waals surface area contributed by atoms with Crippen LogP contribution in [0.2, 0.25) is 0 Å².